The normalized spacial score (nSPS) is 14.4. The number of aliphatic carboxylic acids is 1. The summed E-state index contributed by atoms with van der Waals surface area (Å²) in [4.78, 5) is 15.1. The van der Waals surface area contributed by atoms with Gasteiger partial charge in [0.1, 0.15) is 5.15 Å². The van der Waals surface area contributed by atoms with Crippen LogP contribution in [0.3, 0.4) is 0 Å². The van der Waals surface area contributed by atoms with Crippen LogP contribution in [0.25, 0.3) is 0 Å². The summed E-state index contributed by atoms with van der Waals surface area (Å²) in [6.07, 6.45) is 3.59. The van der Waals surface area contributed by atoms with Crippen molar-refractivity contribution in [2.45, 2.75) is 33.1 Å². The maximum absolute atomic E-state index is 11.3. The molecule has 0 radical (unpaired) electrons. The molecular weight excluding hydrogens is 226 g/mol. The maximum atomic E-state index is 11.3. The quantitative estimate of drug-likeness (QED) is 0.806. The monoisotopic (exact) mass is 241 g/mol. The highest BCUT2D eigenvalue weighted by Gasteiger charge is 2.32. The highest BCUT2D eigenvalue weighted by molar-refractivity contribution is 6.29. The Bertz CT molecular complexity index is 381. The third-order valence-corrected chi connectivity index (χ3v) is 2.91. The molecule has 1 aromatic heterocycles. The minimum Gasteiger partial charge on any atom is -0.481 e. The molecule has 4 heteroatoms. The average Bonchev–Trinajstić information content (AvgIpc) is 2.17. The summed E-state index contributed by atoms with van der Waals surface area (Å²) in [5, 5.41) is 9.65. The Morgan fingerprint density at radius 3 is 2.81 bits per heavy atom. The number of rotatable bonds is 5. The number of pyridine rings is 1. The number of nitrogens with zero attached hydrogens (tertiary/aromatic N) is 1. The Labute approximate surface area is 100 Å². The lowest BCUT2D eigenvalue weighted by Gasteiger charge is -2.24. The van der Waals surface area contributed by atoms with Crippen molar-refractivity contribution in [3.8, 4) is 0 Å². The molecule has 1 aromatic rings. The lowest BCUT2D eigenvalue weighted by atomic mass is 9.80. The van der Waals surface area contributed by atoms with Gasteiger partial charge >= 0.3 is 5.97 Å². The summed E-state index contributed by atoms with van der Waals surface area (Å²) in [5.74, 6) is -0.762. The summed E-state index contributed by atoms with van der Waals surface area (Å²) in [6.45, 7) is 3.76. The molecule has 16 heavy (non-hydrogen) atoms. The fourth-order valence-corrected chi connectivity index (χ4v) is 2.02. The summed E-state index contributed by atoms with van der Waals surface area (Å²) in [6, 6.07) is 3.53. The van der Waals surface area contributed by atoms with Crippen LogP contribution in [0.4, 0.5) is 0 Å². The molecule has 0 saturated carbocycles. The van der Waals surface area contributed by atoms with E-state index in [1.165, 1.54) is 0 Å². The molecule has 1 N–H and O–H groups in total. The fourth-order valence-electron chi connectivity index (χ4n) is 1.83. The second kappa shape index (κ2) is 5.30. The molecule has 0 aliphatic carbocycles. The molecule has 0 spiro atoms. The van der Waals surface area contributed by atoms with Crippen LogP contribution in [-0.4, -0.2) is 16.1 Å². The van der Waals surface area contributed by atoms with Gasteiger partial charge in [0.25, 0.3) is 0 Å². The first-order valence-electron chi connectivity index (χ1n) is 5.32. The van der Waals surface area contributed by atoms with E-state index >= 15 is 0 Å². The smallest absolute Gasteiger partial charge is 0.309 e. The summed E-state index contributed by atoms with van der Waals surface area (Å²) >= 11 is 5.77. The van der Waals surface area contributed by atoms with E-state index in [1.807, 2.05) is 13.0 Å². The first-order valence-corrected chi connectivity index (χ1v) is 5.69. The first-order chi connectivity index (χ1) is 7.48. The van der Waals surface area contributed by atoms with Gasteiger partial charge in [-0.1, -0.05) is 24.9 Å². The van der Waals surface area contributed by atoms with Gasteiger partial charge in [-0.15, -0.1) is 0 Å². The average molecular weight is 242 g/mol. The maximum Gasteiger partial charge on any atom is 0.309 e. The number of halogens is 1. The van der Waals surface area contributed by atoms with Gasteiger partial charge in [-0.25, -0.2) is 4.98 Å². The Balaban J connectivity index is 2.87. The first kappa shape index (κ1) is 13.0. The van der Waals surface area contributed by atoms with Crippen LogP contribution < -0.4 is 0 Å². The van der Waals surface area contributed by atoms with E-state index in [9.17, 15) is 9.90 Å². The van der Waals surface area contributed by atoms with Gasteiger partial charge in [0.05, 0.1) is 5.41 Å². The summed E-state index contributed by atoms with van der Waals surface area (Å²) in [5.41, 5.74) is 0.192. The zero-order valence-electron chi connectivity index (χ0n) is 9.53. The van der Waals surface area contributed by atoms with Gasteiger partial charge in [0, 0.05) is 6.20 Å². The number of carbonyl (C=O) groups is 1. The molecule has 0 bridgehead atoms. The lowest BCUT2D eigenvalue weighted by molar-refractivity contribution is -0.148. The Kier molecular flexibility index (Phi) is 4.30. The predicted octanol–water partition coefficient (Wildman–Crippen LogP) is 3.17. The van der Waals surface area contributed by atoms with Crippen LogP contribution in [0.15, 0.2) is 18.3 Å². The number of carboxylic acid groups (broad SMARTS) is 1. The van der Waals surface area contributed by atoms with Crippen molar-refractivity contribution in [2.75, 3.05) is 0 Å². The van der Waals surface area contributed by atoms with Crippen LogP contribution in [0, 0.1) is 5.41 Å². The third-order valence-electron chi connectivity index (χ3n) is 2.70. The molecule has 0 aromatic carbocycles. The minimum atomic E-state index is -0.762. The van der Waals surface area contributed by atoms with Gasteiger partial charge in [-0.2, -0.15) is 0 Å². The van der Waals surface area contributed by atoms with E-state index in [4.69, 9.17) is 11.6 Å². The van der Waals surface area contributed by atoms with Crippen LogP contribution >= 0.6 is 11.6 Å². The molecule has 88 valence electrons. The molecule has 1 rings (SSSR count). The van der Waals surface area contributed by atoms with Crippen molar-refractivity contribution in [3.05, 3.63) is 29.0 Å². The van der Waals surface area contributed by atoms with E-state index in [-0.39, 0.29) is 0 Å². The van der Waals surface area contributed by atoms with Gasteiger partial charge in [0.2, 0.25) is 0 Å². The fraction of sp³-hybridized carbons (Fsp3) is 0.500. The minimum absolute atomic E-state index is 0.404. The van der Waals surface area contributed by atoms with Crippen LogP contribution in [0.5, 0.6) is 0 Å². The van der Waals surface area contributed by atoms with E-state index in [0.29, 0.717) is 18.0 Å². The zero-order chi connectivity index (χ0) is 12.2. The number of hydrogen-bond donors (Lipinski definition) is 1. The number of hydrogen-bond acceptors (Lipinski definition) is 2. The SMILES string of the molecule is CCCC(C)(Cc1ccnc(Cl)c1)C(=O)O. The molecule has 1 heterocycles. The Morgan fingerprint density at radius 2 is 2.31 bits per heavy atom. The van der Waals surface area contributed by atoms with Crippen LogP contribution in [0.2, 0.25) is 5.15 Å². The predicted molar refractivity (Wildman–Crippen MR) is 63.6 cm³/mol. The highest BCUT2D eigenvalue weighted by atomic mass is 35.5. The van der Waals surface area contributed by atoms with Crippen molar-refractivity contribution in [2.24, 2.45) is 5.41 Å². The van der Waals surface area contributed by atoms with Gasteiger partial charge < -0.3 is 5.11 Å². The topological polar surface area (TPSA) is 50.2 Å². The summed E-state index contributed by atoms with van der Waals surface area (Å²) in [7, 11) is 0. The molecule has 0 saturated heterocycles. The van der Waals surface area contributed by atoms with Crippen LogP contribution in [0.1, 0.15) is 32.3 Å². The molecule has 1 atom stereocenters. The van der Waals surface area contributed by atoms with Crippen molar-refractivity contribution in [1.29, 1.82) is 0 Å². The molecule has 0 amide bonds. The molecule has 3 nitrogen and oxygen atoms in total. The lowest BCUT2D eigenvalue weighted by Crippen LogP contribution is -2.29. The Hall–Kier alpha value is -1.09. The molecule has 1 unspecified atom stereocenters. The highest BCUT2D eigenvalue weighted by Crippen LogP contribution is 2.29. The second-order valence-electron chi connectivity index (χ2n) is 4.28. The van der Waals surface area contributed by atoms with E-state index < -0.39 is 11.4 Å². The van der Waals surface area contributed by atoms with E-state index in [1.54, 1.807) is 19.2 Å². The molecule has 0 fully saturated rings. The van der Waals surface area contributed by atoms with Crippen molar-refractivity contribution < 1.29 is 9.90 Å². The van der Waals surface area contributed by atoms with Crippen molar-refractivity contribution in [1.82, 2.24) is 4.98 Å². The Morgan fingerprint density at radius 1 is 1.62 bits per heavy atom. The van der Waals surface area contributed by atoms with Crippen molar-refractivity contribution in [3.63, 3.8) is 0 Å². The van der Waals surface area contributed by atoms with Gasteiger partial charge in [-0.3, -0.25) is 4.79 Å². The summed E-state index contributed by atoms with van der Waals surface area (Å²) < 4.78 is 0. The molecular formula is C12H16ClNO2. The molecule has 0 aliphatic rings. The van der Waals surface area contributed by atoms with E-state index in [0.717, 1.165) is 12.0 Å². The van der Waals surface area contributed by atoms with Gasteiger partial charge in [0.15, 0.2) is 0 Å². The molecule has 0 aliphatic heterocycles. The van der Waals surface area contributed by atoms with Gasteiger partial charge in [-0.05, 0) is 37.5 Å². The standard InChI is InChI=1S/C12H16ClNO2/c1-3-5-12(2,11(15)16)8-9-4-6-14-10(13)7-9/h4,6-7H,3,5,8H2,1-2H3,(H,15,16). The number of carboxylic acids is 1. The zero-order valence-corrected chi connectivity index (χ0v) is 10.3. The van der Waals surface area contributed by atoms with Crippen LogP contribution in [-0.2, 0) is 11.2 Å². The number of aromatic nitrogens is 1. The second-order valence-corrected chi connectivity index (χ2v) is 4.67. The third kappa shape index (κ3) is 3.20. The largest absolute Gasteiger partial charge is 0.481 e. The van der Waals surface area contributed by atoms with E-state index in [2.05, 4.69) is 4.98 Å². The van der Waals surface area contributed by atoms with Crippen molar-refractivity contribution >= 4 is 17.6 Å².